The normalized spacial score (nSPS) is 10.7. The molecule has 0 aliphatic rings. The van der Waals surface area contributed by atoms with E-state index in [0.29, 0.717) is 16.8 Å². The molecule has 0 aliphatic carbocycles. The number of ether oxygens (including phenoxy) is 1. The number of fused-ring (bicyclic) bond motifs is 1. The smallest absolute Gasteiger partial charge is 0.255 e. The fraction of sp³-hybridized carbons (Fsp3) is 0.0870. The maximum atomic E-state index is 12.5. The van der Waals surface area contributed by atoms with Gasteiger partial charge in [0.1, 0.15) is 11.6 Å². The predicted molar refractivity (Wildman–Crippen MR) is 112 cm³/mol. The Morgan fingerprint density at radius 3 is 2.28 bits per heavy atom. The predicted octanol–water partition coefficient (Wildman–Crippen LogP) is 4.69. The molecular formula is C23H19N3O3. The summed E-state index contributed by atoms with van der Waals surface area (Å²) in [5.41, 5.74) is 4.28. The number of aromatic amines is 1. The zero-order valence-electron chi connectivity index (χ0n) is 16.0. The van der Waals surface area contributed by atoms with Crippen LogP contribution in [0.25, 0.3) is 22.4 Å². The van der Waals surface area contributed by atoms with Gasteiger partial charge in [-0.05, 0) is 61.5 Å². The number of imidazole rings is 1. The first-order chi connectivity index (χ1) is 14.0. The molecule has 0 fully saturated rings. The van der Waals surface area contributed by atoms with Gasteiger partial charge in [-0.1, -0.05) is 12.1 Å². The molecule has 0 saturated heterocycles. The first kappa shape index (κ1) is 18.4. The van der Waals surface area contributed by atoms with E-state index in [4.69, 9.17) is 4.74 Å². The van der Waals surface area contributed by atoms with E-state index in [9.17, 15) is 9.59 Å². The van der Waals surface area contributed by atoms with Crippen LogP contribution in [0, 0.1) is 0 Å². The van der Waals surface area contributed by atoms with Crippen LogP contribution in [-0.4, -0.2) is 28.8 Å². The van der Waals surface area contributed by atoms with E-state index in [0.717, 1.165) is 28.2 Å². The van der Waals surface area contributed by atoms with Gasteiger partial charge in [0.15, 0.2) is 5.78 Å². The average molecular weight is 385 g/mol. The molecule has 0 aliphatic heterocycles. The molecule has 4 rings (SSSR count). The van der Waals surface area contributed by atoms with Gasteiger partial charge in [-0.25, -0.2) is 4.98 Å². The largest absolute Gasteiger partial charge is 0.497 e. The van der Waals surface area contributed by atoms with Crippen molar-refractivity contribution in [2.75, 3.05) is 12.4 Å². The Kier molecular flexibility index (Phi) is 4.83. The third kappa shape index (κ3) is 3.87. The Hall–Kier alpha value is -3.93. The molecule has 2 N–H and O–H groups in total. The lowest BCUT2D eigenvalue weighted by atomic mass is 10.1. The van der Waals surface area contributed by atoms with Crippen LogP contribution in [-0.2, 0) is 0 Å². The lowest BCUT2D eigenvalue weighted by Crippen LogP contribution is -2.12. The standard InChI is InChI=1S/C23H19N3O3/c1-14(27)15-3-5-17(6-4-15)23(28)24-18-9-12-20-21(13-18)26-22(25-20)16-7-10-19(29-2)11-8-16/h3-13H,1-2H3,(H,24,28)(H,25,26). The zero-order valence-corrected chi connectivity index (χ0v) is 16.0. The summed E-state index contributed by atoms with van der Waals surface area (Å²) in [6.45, 7) is 1.49. The SMILES string of the molecule is COc1ccc(-c2nc3ccc(NC(=O)c4ccc(C(C)=O)cc4)cc3[nH]2)cc1. The van der Waals surface area contributed by atoms with Gasteiger partial charge < -0.3 is 15.0 Å². The van der Waals surface area contributed by atoms with Crippen molar-refractivity contribution in [3.63, 3.8) is 0 Å². The number of hydrogen-bond acceptors (Lipinski definition) is 4. The van der Waals surface area contributed by atoms with Crippen LogP contribution in [0.5, 0.6) is 5.75 Å². The average Bonchev–Trinajstić information content (AvgIpc) is 3.17. The Labute approximate surface area is 167 Å². The summed E-state index contributed by atoms with van der Waals surface area (Å²) in [6, 6.07) is 19.7. The minimum Gasteiger partial charge on any atom is -0.497 e. The molecule has 29 heavy (non-hydrogen) atoms. The van der Waals surface area contributed by atoms with Crippen LogP contribution >= 0.6 is 0 Å². The molecule has 0 radical (unpaired) electrons. The first-order valence-corrected chi connectivity index (χ1v) is 9.10. The number of ketones is 1. The van der Waals surface area contributed by atoms with Crippen molar-refractivity contribution >= 4 is 28.4 Å². The summed E-state index contributed by atoms with van der Waals surface area (Å²) < 4.78 is 5.18. The Bertz CT molecular complexity index is 1190. The summed E-state index contributed by atoms with van der Waals surface area (Å²) in [6.07, 6.45) is 0. The topological polar surface area (TPSA) is 84.1 Å². The molecule has 0 unspecified atom stereocenters. The summed E-state index contributed by atoms with van der Waals surface area (Å²) in [7, 11) is 1.63. The van der Waals surface area contributed by atoms with Crippen molar-refractivity contribution in [1.82, 2.24) is 9.97 Å². The highest BCUT2D eigenvalue weighted by Gasteiger charge is 2.10. The number of hydrogen-bond donors (Lipinski definition) is 2. The molecule has 0 saturated carbocycles. The van der Waals surface area contributed by atoms with E-state index < -0.39 is 0 Å². The number of carbonyl (C=O) groups excluding carboxylic acids is 2. The fourth-order valence-electron chi connectivity index (χ4n) is 3.03. The number of aromatic nitrogens is 2. The molecular weight excluding hydrogens is 366 g/mol. The second-order valence-corrected chi connectivity index (χ2v) is 6.63. The van der Waals surface area contributed by atoms with Gasteiger partial charge in [0.2, 0.25) is 0 Å². The van der Waals surface area contributed by atoms with E-state index in [1.165, 1.54) is 6.92 Å². The number of carbonyl (C=O) groups is 2. The second kappa shape index (κ2) is 7.59. The summed E-state index contributed by atoms with van der Waals surface area (Å²) in [4.78, 5) is 31.7. The molecule has 0 atom stereocenters. The van der Waals surface area contributed by atoms with Crippen LogP contribution in [0.3, 0.4) is 0 Å². The van der Waals surface area contributed by atoms with Gasteiger partial charge in [0.25, 0.3) is 5.91 Å². The van der Waals surface area contributed by atoms with Gasteiger partial charge in [-0.15, -0.1) is 0 Å². The minimum absolute atomic E-state index is 0.0330. The Morgan fingerprint density at radius 1 is 0.931 bits per heavy atom. The highest BCUT2D eigenvalue weighted by molar-refractivity contribution is 6.05. The monoisotopic (exact) mass is 385 g/mol. The first-order valence-electron chi connectivity index (χ1n) is 9.10. The van der Waals surface area contributed by atoms with Crippen LogP contribution in [0.15, 0.2) is 66.7 Å². The third-order valence-electron chi connectivity index (χ3n) is 4.66. The van der Waals surface area contributed by atoms with Gasteiger partial charge >= 0.3 is 0 Å². The number of H-pyrrole nitrogens is 1. The summed E-state index contributed by atoms with van der Waals surface area (Å²) in [5.74, 6) is 1.25. The van der Waals surface area contributed by atoms with Crippen LogP contribution in [0.2, 0.25) is 0 Å². The number of nitrogens with zero attached hydrogens (tertiary/aromatic N) is 1. The lowest BCUT2D eigenvalue weighted by Gasteiger charge is -2.05. The Morgan fingerprint density at radius 2 is 1.62 bits per heavy atom. The van der Waals surface area contributed by atoms with E-state index in [1.54, 1.807) is 31.4 Å². The summed E-state index contributed by atoms with van der Waals surface area (Å²) in [5, 5.41) is 2.87. The molecule has 1 aromatic heterocycles. The van der Waals surface area contributed by atoms with Crippen LogP contribution in [0.4, 0.5) is 5.69 Å². The number of rotatable bonds is 5. The number of benzene rings is 3. The van der Waals surface area contributed by atoms with Crippen molar-refractivity contribution in [2.45, 2.75) is 6.92 Å². The minimum atomic E-state index is -0.241. The van der Waals surface area contributed by atoms with Crippen molar-refractivity contribution < 1.29 is 14.3 Å². The van der Waals surface area contributed by atoms with E-state index in [2.05, 4.69) is 15.3 Å². The van der Waals surface area contributed by atoms with Crippen molar-refractivity contribution in [3.05, 3.63) is 77.9 Å². The number of anilines is 1. The zero-order chi connectivity index (χ0) is 20.4. The molecule has 0 spiro atoms. The van der Waals surface area contributed by atoms with Crippen molar-refractivity contribution in [1.29, 1.82) is 0 Å². The van der Waals surface area contributed by atoms with Crippen molar-refractivity contribution in [2.24, 2.45) is 0 Å². The summed E-state index contributed by atoms with van der Waals surface area (Å²) >= 11 is 0. The van der Waals surface area contributed by atoms with E-state index in [1.807, 2.05) is 42.5 Å². The Balaban J connectivity index is 1.55. The molecule has 4 aromatic rings. The molecule has 3 aromatic carbocycles. The maximum absolute atomic E-state index is 12.5. The van der Waals surface area contributed by atoms with Gasteiger partial charge in [0.05, 0.1) is 18.1 Å². The van der Waals surface area contributed by atoms with E-state index in [-0.39, 0.29) is 11.7 Å². The quantitative estimate of drug-likeness (QED) is 0.488. The maximum Gasteiger partial charge on any atom is 0.255 e. The fourth-order valence-corrected chi connectivity index (χ4v) is 3.03. The molecule has 1 heterocycles. The lowest BCUT2D eigenvalue weighted by molar-refractivity contribution is 0.101. The van der Waals surface area contributed by atoms with Gasteiger partial charge in [0, 0.05) is 22.4 Å². The molecule has 6 heteroatoms. The number of methoxy groups -OCH3 is 1. The van der Waals surface area contributed by atoms with Crippen LogP contribution < -0.4 is 10.1 Å². The number of nitrogens with one attached hydrogen (secondary N) is 2. The second-order valence-electron chi connectivity index (χ2n) is 6.63. The molecule has 0 bridgehead atoms. The molecule has 144 valence electrons. The molecule has 1 amide bonds. The van der Waals surface area contributed by atoms with Crippen LogP contribution in [0.1, 0.15) is 27.6 Å². The highest BCUT2D eigenvalue weighted by atomic mass is 16.5. The number of Topliss-reactive ketones (excluding diaryl/α,β-unsaturated/α-hetero) is 1. The number of amides is 1. The van der Waals surface area contributed by atoms with Gasteiger partial charge in [-0.2, -0.15) is 0 Å². The highest BCUT2D eigenvalue weighted by Crippen LogP contribution is 2.24. The third-order valence-corrected chi connectivity index (χ3v) is 4.66. The van der Waals surface area contributed by atoms with Gasteiger partial charge in [-0.3, -0.25) is 9.59 Å². The molecule has 6 nitrogen and oxygen atoms in total. The van der Waals surface area contributed by atoms with E-state index >= 15 is 0 Å². The van der Waals surface area contributed by atoms with Crippen molar-refractivity contribution in [3.8, 4) is 17.1 Å².